The Morgan fingerprint density at radius 3 is 2.80 bits per heavy atom. The molecule has 0 aromatic heterocycles. The highest BCUT2D eigenvalue weighted by Gasteiger charge is 2.18. The van der Waals surface area contributed by atoms with E-state index >= 15 is 0 Å². The Morgan fingerprint density at radius 1 is 1.15 bits per heavy atom. The number of hydrogen-bond donors (Lipinski definition) is 1. The standard InChI is InChI=1S/C15H19NO4/c17-15(16-10-12-3-1-6-18-12)11-4-5-13-14(9-11)20-8-2-7-19-13/h4-5,9,12H,1-3,6-8,10H2,(H,16,17)/t12-/m0/s1. The molecular weight excluding hydrogens is 258 g/mol. The van der Waals surface area contributed by atoms with Crippen molar-refractivity contribution in [2.75, 3.05) is 26.4 Å². The maximum absolute atomic E-state index is 12.1. The number of nitrogens with one attached hydrogen (secondary N) is 1. The molecule has 1 aromatic rings. The molecule has 1 fully saturated rings. The quantitative estimate of drug-likeness (QED) is 0.914. The maximum Gasteiger partial charge on any atom is 0.251 e. The first-order chi connectivity index (χ1) is 9.83. The number of fused-ring (bicyclic) bond motifs is 1. The van der Waals surface area contributed by atoms with Crippen molar-refractivity contribution < 1.29 is 19.0 Å². The highest BCUT2D eigenvalue weighted by molar-refractivity contribution is 5.94. The summed E-state index contributed by atoms with van der Waals surface area (Å²) in [6.45, 7) is 2.63. The van der Waals surface area contributed by atoms with Crippen LogP contribution in [0.3, 0.4) is 0 Å². The molecule has 0 bridgehead atoms. The van der Waals surface area contributed by atoms with Gasteiger partial charge in [0.1, 0.15) is 0 Å². The zero-order chi connectivity index (χ0) is 13.8. The van der Waals surface area contributed by atoms with E-state index in [9.17, 15) is 4.79 Å². The van der Waals surface area contributed by atoms with Crippen LogP contribution in [0.4, 0.5) is 0 Å². The number of carbonyl (C=O) groups is 1. The average molecular weight is 277 g/mol. The van der Waals surface area contributed by atoms with Gasteiger partial charge in [0.15, 0.2) is 11.5 Å². The molecule has 0 radical (unpaired) electrons. The Balaban J connectivity index is 1.63. The molecule has 1 amide bonds. The van der Waals surface area contributed by atoms with Crippen molar-refractivity contribution in [1.29, 1.82) is 0 Å². The highest BCUT2D eigenvalue weighted by Crippen LogP contribution is 2.30. The number of ether oxygens (including phenoxy) is 3. The second-order valence-corrected chi connectivity index (χ2v) is 5.06. The smallest absolute Gasteiger partial charge is 0.251 e. The van der Waals surface area contributed by atoms with E-state index in [1.807, 2.05) is 0 Å². The molecule has 0 aliphatic carbocycles. The van der Waals surface area contributed by atoms with Gasteiger partial charge in [-0.1, -0.05) is 0 Å². The van der Waals surface area contributed by atoms with Gasteiger partial charge in [-0.05, 0) is 31.0 Å². The molecule has 1 saturated heterocycles. The molecule has 0 saturated carbocycles. The highest BCUT2D eigenvalue weighted by atomic mass is 16.5. The summed E-state index contributed by atoms with van der Waals surface area (Å²) in [5, 5.41) is 2.90. The number of hydrogen-bond acceptors (Lipinski definition) is 4. The van der Waals surface area contributed by atoms with Crippen molar-refractivity contribution in [3.8, 4) is 11.5 Å². The van der Waals surface area contributed by atoms with Gasteiger partial charge >= 0.3 is 0 Å². The first-order valence-electron chi connectivity index (χ1n) is 7.12. The van der Waals surface area contributed by atoms with Gasteiger partial charge in [-0.15, -0.1) is 0 Å². The summed E-state index contributed by atoms with van der Waals surface area (Å²) in [5.41, 5.74) is 0.590. The van der Waals surface area contributed by atoms with Crippen LogP contribution >= 0.6 is 0 Å². The number of carbonyl (C=O) groups excluding carboxylic acids is 1. The number of rotatable bonds is 3. The molecule has 108 valence electrons. The fraction of sp³-hybridized carbons (Fsp3) is 0.533. The minimum atomic E-state index is -0.101. The molecule has 0 spiro atoms. The largest absolute Gasteiger partial charge is 0.490 e. The van der Waals surface area contributed by atoms with Gasteiger partial charge in [0.25, 0.3) is 5.91 Å². The first kappa shape index (κ1) is 13.2. The molecule has 2 aliphatic heterocycles. The molecule has 2 aliphatic rings. The van der Waals surface area contributed by atoms with Crippen LogP contribution in [-0.4, -0.2) is 38.4 Å². The monoisotopic (exact) mass is 277 g/mol. The Morgan fingerprint density at radius 2 is 2.00 bits per heavy atom. The predicted molar refractivity (Wildman–Crippen MR) is 73.4 cm³/mol. The third kappa shape index (κ3) is 3.04. The van der Waals surface area contributed by atoms with Crippen molar-refractivity contribution in [2.24, 2.45) is 0 Å². The zero-order valence-corrected chi connectivity index (χ0v) is 11.4. The fourth-order valence-electron chi connectivity index (χ4n) is 2.42. The molecule has 1 N–H and O–H groups in total. The van der Waals surface area contributed by atoms with Crippen LogP contribution in [0.25, 0.3) is 0 Å². The molecule has 3 rings (SSSR count). The second kappa shape index (κ2) is 6.13. The van der Waals surface area contributed by atoms with Gasteiger partial charge < -0.3 is 19.5 Å². The second-order valence-electron chi connectivity index (χ2n) is 5.06. The summed E-state index contributed by atoms with van der Waals surface area (Å²) >= 11 is 0. The molecule has 1 aromatic carbocycles. The van der Waals surface area contributed by atoms with E-state index in [4.69, 9.17) is 14.2 Å². The molecule has 5 nitrogen and oxygen atoms in total. The zero-order valence-electron chi connectivity index (χ0n) is 11.4. The Kier molecular flexibility index (Phi) is 4.06. The van der Waals surface area contributed by atoms with Crippen molar-refractivity contribution in [3.05, 3.63) is 23.8 Å². The molecule has 20 heavy (non-hydrogen) atoms. The summed E-state index contributed by atoms with van der Waals surface area (Å²) in [6.07, 6.45) is 3.10. The molecule has 1 atom stereocenters. The lowest BCUT2D eigenvalue weighted by atomic mass is 10.1. The van der Waals surface area contributed by atoms with Crippen molar-refractivity contribution in [3.63, 3.8) is 0 Å². The van der Waals surface area contributed by atoms with E-state index in [0.29, 0.717) is 36.8 Å². The van der Waals surface area contributed by atoms with E-state index in [1.165, 1.54) is 0 Å². The Bertz CT molecular complexity index is 483. The van der Waals surface area contributed by atoms with Gasteiger partial charge in [0, 0.05) is 25.1 Å². The molecule has 5 heteroatoms. The summed E-state index contributed by atoms with van der Waals surface area (Å²) in [5.74, 6) is 1.25. The lowest BCUT2D eigenvalue weighted by molar-refractivity contribution is 0.0857. The van der Waals surface area contributed by atoms with Crippen molar-refractivity contribution >= 4 is 5.91 Å². The van der Waals surface area contributed by atoms with Gasteiger partial charge in [-0.25, -0.2) is 0 Å². The van der Waals surface area contributed by atoms with Crippen LogP contribution in [0.15, 0.2) is 18.2 Å². The summed E-state index contributed by atoms with van der Waals surface area (Å²) in [6, 6.07) is 5.30. The summed E-state index contributed by atoms with van der Waals surface area (Å²) in [4.78, 5) is 12.1. The van der Waals surface area contributed by atoms with Crippen LogP contribution < -0.4 is 14.8 Å². The maximum atomic E-state index is 12.1. The normalized spacial score (nSPS) is 21.3. The minimum Gasteiger partial charge on any atom is -0.490 e. The number of amides is 1. The van der Waals surface area contributed by atoms with Crippen LogP contribution in [0.2, 0.25) is 0 Å². The number of benzene rings is 1. The van der Waals surface area contributed by atoms with Gasteiger partial charge in [-0.3, -0.25) is 4.79 Å². The van der Waals surface area contributed by atoms with E-state index < -0.39 is 0 Å². The topological polar surface area (TPSA) is 56.8 Å². The van der Waals surface area contributed by atoms with Crippen LogP contribution in [0.1, 0.15) is 29.6 Å². The van der Waals surface area contributed by atoms with E-state index in [-0.39, 0.29) is 12.0 Å². The molecule has 2 heterocycles. The van der Waals surface area contributed by atoms with Crippen molar-refractivity contribution in [1.82, 2.24) is 5.32 Å². The van der Waals surface area contributed by atoms with Crippen LogP contribution in [0, 0.1) is 0 Å². The Hall–Kier alpha value is -1.75. The molecular formula is C15H19NO4. The van der Waals surface area contributed by atoms with Gasteiger partial charge in [-0.2, -0.15) is 0 Å². The van der Waals surface area contributed by atoms with Gasteiger partial charge in [0.2, 0.25) is 0 Å². The van der Waals surface area contributed by atoms with Crippen LogP contribution in [-0.2, 0) is 4.74 Å². The van der Waals surface area contributed by atoms with E-state index in [0.717, 1.165) is 25.9 Å². The fourth-order valence-corrected chi connectivity index (χ4v) is 2.42. The molecule has 0 unspecified atom stereocenters. The summed E-state index contributed by atoms with van der Waals surface area (Å²) in [7, 11) is 0. The van der Waals surface area contributed by atoms with E-state index in [1.54, 1.807) is 18.2 Å². The lowest BCUT2D eigenvalue weighted by Crippen LogP contribution is -2.31. The summed E-state index contributed by atoms with van der Waals surface area (Å²) < 4.78 is 16.6. The lowest BCUT2D eigenvalue weighted by Gasteiger charge is -2.12. The third-order valence-corrected chi connectivity index (χ3v) is 3.52. The minimum absolute atomic E-state index is 0.101. The van der Waals surface area contributed by atoms with Gasteiger partial charge in [0.05, 0.1) is 19.3 Å². The average Bonchev–Trinajstić information content (AvgIpc) is 2.88. The predicted octanol–water partition coefficient (Wildman–Crippen LogP) is 1.76. The van der Waals surface area contributed by atoms with E-state index in [2.05, 4.69) is 5.32 Å². The first-order valence-corrected chi connectivity index (χ1v) is 7.12. The Labute approximate surface area is 118 Å². The van der Waals surface area contributed by atoms with Crippen LogP contribution in [0.5, 0.6) is 11.5 Å². The van der Waals surface area contributed by atoms with Crippen molar-refractivity contribution in [2.45, 2.75) is 25.4 Å². The SMILES string of the molecule is O=C(NC[C@@H]1CCCO1)c1ccc2c(c1)OCCCO2. The third-order valence-electron chi connectivity index (χ3n) is 3.52.